The van der Waals surface area contributed by atoms with E-state index in [1.165, 1.54) is 38.6 Å². The first kappa shape index (κ1) is 12.0. The molecule has 0 aromatic rings. The fraction of sp³-hybridized carbons (Fsp3) is 1.00. The van der Waals surface area contributed by atoms with Crippen LogP contribution in [-0.4, -0.2) is 30.1 Å². The van der Waals surface area contributed by atoms with Crippen LogP contribution in [0.5, 0.6) is 0 Å². The maximum absolute atomic E-state index is 5.59. The highest BCUT2D eigenvalue weighted by molar-refractivity contribution is 4.84. The summed E-state index contributed by atoms with van der Waals surface area (Å²) in [4.78, 5) is 2.72. The molecule has 0 saturated heterocycles. The van der Waals surface area contributed by atoms with Crippen molar-refractivity contribution in [3.05, 3.63) is 0 Å². The number of nitrogens with zero attached hydrogens (tertiary/aromatic N) is 1. The van der Waals surface area contributed by atoms with Crippen LogP contribution < -0.4 is 5.73 Å². The Morgan fingerprint density at radius 3 is 2.29 bits per heavy atom. The average Bonchev–Trinajstić information content (AvgIpc) is 2.12. The lowest BCUT2D eigenvalue weighted by Gasteiger charge is -2.42. The zero-order chi connectivity index (χ0) is 10.4. The van der Waals surface area contributed by atoms with Gasteiger partial charge in [0.2, 0.25) is 0 Å². The molecule has 0 heterocycles. The van der Waals surface area contributed by atoms with Gasteiger partial charge in [-0.15, -0.1) is 0 Å². The smallest absolute Gasteiger partial charge is 0.00982 e. The van der Waals surface area contributed by atoms with Crippen LogP contribution >= 0.6 is 0 Å². The fourth-order valence-electron chi connectivity index (χ4n) is 2.41. The van der Waals surface area contributed by atoms with Crippen LogP contribution in [0.4, 0.5) is 0 Å². The highest BCUT2D eigenvalue weighted by atomic mass is 15.2. The van der Waals surface area contributed by atoms with Crippen LogP contribution in [0.25, 0.3) is 0 Å². The minimum Gasteiger partial charge on any atom is -0.330 e. The number of rotatable bonds is 7. The third-order valence-electron chi connectivity index (χ3n) is 3.58. The van der Waals surface area contributed by atoms with Gasteiger partial charge in [-0.05, 0) is 45.2 Å². The minimum atomic E-state index is 0.798. The van der Waals surface area contributed by atoms with Crippen molar-refractivity contribution in [1.29, 1.82) is 0 Å². The summed E-state index contributed by atoms with van der Waals surface area (Å²) in [6.07, 6.45) is 8.01. The summed E-state index contributed by atoms with van der Waals surface area (Å²) in [7, 11) is 0. The first-order chi connectivity index (χ1) is 6.83. The van der Waals surface area contributed by atoms with Gasteiger partial charge in [-0.2, -0.15) is 0 Å². The Balaban J connectivity index is 2.41. The molecule has 2 heteroatoms. The van der Waals surface area contributed by atoms with Crippen LogP contribution in [0.2, 0.25) is 0 Å². The molecule has 0 radical (unpaired) electrons. The van der Waals surface area contributed by atoms with Gasteiger partial charge >= 0.3 is 0 Å². The molecule has 1 rings (SSSR count). The zero-order valence-electron chi connectivity index (χ0n) is 9.84. The second kappa shape index (κ2) is 6.41. The molecule has 14 heavy (non-hydrogen) atoms. The topological polar surface area (TPSA) is 29.3 Å². The second-order valence-corrected chi connectivity index (χ2v) is 4.44. The molecule has 0 spiro atoms. The van der Waals surface area contributed by atoms with Gasteiger partial charge in [0.25, 0.3) is 0 Å². The lowest BCUT2D eigenvalue weighted by atomic mass is 9.89. The van der Waals surface area contributed by atoms with Crippen molar-refractivity contribution in [2.45, 2.75) is 64.5 Å². The third kappa shape index (κ3) is 2.96. The van der Waals surface area contributed by atoms with Gasteiger partial charge in [-0.25, -0.2) is 0 Å². The molecular weight excluding hydrogens is 172 g/mol. The Kier molecular flexibility index (Phi) is 5.49. The van der Waals surface area contributed by atoms with Crippen molar-refractivity contribution in [3.8, 4) is 0 Å². The van der Waals surface area contributed by atoms with E-state index in [9.17, 15) is 0 Å². The van der Waals surface area contributed by atoms with Gasteiger partial charge in [-0.1, -0.05) is 20.3 Å². The maximum Gasteiger partial charge on any atom is 0.00982 e. The molecule has 1 aliphatic carbocycles. The van der Waals surface area contributed by atoms with E-state index in [4.69, 9.17) is 5.73 Å². The largest absolute Gasteiger partial charge is 0.330 e. The Hall–Kier alpha value is -0.0800. The number of hydrogen-bond donors (Lipinski definition) is 1. The van der Waals surface area contributed by atoms with E-state index in [0.717, 1.165) is 25.0 Å². The minimum absolute atomic E-state index is 0.798. The van der Waals surface area contributed by atoms with E-state index in [2.05, 4.69) is 18.7 Å². The lowest BCUT2D eigenvalue weighted by Crippen LogP contribution is -2.47. The van der Waals surface area contributed by atoms with E-state index in [1.807, 2.05) is 0 Å². The van der Waals surface area contributed by atoms with E-state index in [-0.39, 0.29) is 0 Å². The highest BCUT2D eigenvalue weighted by Gasteiger charge is 2.28. The monoisotopic (exact) mass is 198 g/mol. The van der Waals surface area contributed by atoms with Gasteiger partial charge in [0, 0.05) is 12.1 Å². The highest BCUT2D eigenvalue weighted by Crippen LogP contribution is 2.28. The number of nitrogens with two attached hydrogens (primary N) is 1. The summed E-state index contributed by atoms with van der Waals surface area (Å²) in [5, 5.41) is 0. The molecule has 0 bridgehead atoms. The summed E-state index contributed by atoms with van der Waals surface area (Å²) in [5.74, 6) is 0. The van der Waals surface area contributed by atoms with Crippen molar-refractivity contribution in [2.75, 3.05) is 13.1 Å². The molecule has 2 nitrogen and oxygen atoms in total. The summed E-state index contributed by atoms with van der Waals surface area (Å²) in [5.41, 5.74) is 5.59. The molecule has 84 valence electrons. The molecule has 0 aromatic carbocycles. The van der Waals surface area contributed by atoms with Crippen LogP contribution in [0.1, 0.15) is 52.4 Å². The first-order valence-electron chi connectivity index (χ1n) is 6.29. The standard InChI is InChI=1S/C12H26N2/c1-3-11(4-2)14(10-6-9-13)12-7-5-8-12/h11-12H,3-10,13H2,1-2H3. The van der Waals surface area contributed by atoms with Gasteiger partial charge in [0.05, 0.1) is 0 Å². The molecule has 0 aromatic heterocycles. The lowest BCUT2D eigenvalue weighted by molar-refractivity contribution is 0.0739. The van der Waals surface area contributed by atoms with Crippen LogP contribution in [0, 0.1) is 0 Å². The van der Waals surface area contributed by atoms with Crippen LogP contribution in [-0.2, 0) is 0 Å². The molecule has 2 N–H and O–H groups in total. The Bertz CT molecular complexity index is 139. The van der Waals surface area contributed by atoms with E-state index in [1.54, 1.807) is 0 Å². The molecule has 0 unspecified atom stereocenters. The zero-order valence-corrected chi connectivity index (χ0v) is 9.84. The summed E-state index contributed by atoms with van der Waals surface area (Å²) in [6, 6.07) is 1.68. The predicted molar refractivity (Wildman–Crippen MR) is 62.4 cm³/mol. The summed E-state index contributed by atoms with van der Waals surface area (Å²) in [6.45, 7) is 6.67. The third-order valence-corrected chi connectivity index (χ3v) is 3.58. The van der Waals surface area contributed by atoms with E-state index < -0.39 is 0 Å². The van der Waals surface area contributed by atoms with Crippen molar-refractivity contribution in [2.24, 2.45) is 5.73 Å². The van der Waals surface area contributed by atoms with Crippen molar-refractivity contribution in [1.82, 2.24) is 4.90 Å². The normalized spacial score (nSPS) is 17.8. The quantitative estimate of drug-likeness (QED) is 0.680. The van der Waals surface area contributed by atoms with Gasteiger partial charge in [0.15, 0.2) is 0 Å². The molecular formula is C12H26N2. The van der Waals surface area contributed by atoms with Crippen molar-refractivity contribution >= 4 is 0 Å². The Morgan fingerprint density at radius 1 is 1.29 bits per heavy atom. The molecule has 1 saturated carbocycles. The SMILES string of the molecule is CCC(CC)N(CCCN)C1CCC1. The Labute approximate surface area is 88.8 Å². The van der Waals surface area contributed by atoms with Crippen LogP contribution in [0.15, 0.2) is 0 Å². The second-order valence-electron chi connectivity index (χ2n) is 4.44. The van der Waals surface area contributed by atoms with Crippen LogP contribution in [0.3, 0.4) is 0 Å². The van der Waals surface area contributed by atoms with Gasteiger partial charge in [-0.3, -0.25) is 4.90 Å². The fourth-order valence-corrected chi connectivity index (χ4v) is 2.41. The summed E-state index contributed by atoms with van der Waals surface area (Å²) < 4.78 is 0. The van der Waals surface area contributed by atoms with E-state index >= 15 is 0 Å². The number of hydrogen-bond acceptors (Lipinski definition) is 2. The molecule has 1 aliphatic rings. The average molecular weight is 198 g/mol. The predicted octanol–water partition coefficient (Wildman–Crippen LogP) is 2.38. The van der Waals surface area contributed by atoms with Gasteiger partial charge < -0.3 is 5.73 Å². The van der Waals surface area contributed by atoms with Crippen molar-refractivity contribution in [3.63, 3.8) is 0 Å². The maximum atomic E-state index is 5.59. The Morgan fingerprint density at radius 2 is 1.93 bits per heavy atom. The van der Waals surface area contributed by atoms with Crippen molar-refractivity contribution < 1.29 is 0 Å². The summed E-state index contributed by atoms with van der Waals surface area (Å²) >= 11 is 0. The molecule has 1 fully saturated rings. The first-order valence-corrected chi connectivity index (χ1v) is 6.29. The van der Waals surface area contributed by atoms with E-state index in [0.29, 0.717) is 0 Å². The molecule has 0 aliphatic heterocycles. The van der Waals surface area contributed by atoms with Gasteiger partial charge in [0.1, 0.15) is 0 Å². The molecule has 0 atom stereocenters. The molecule has 0 amide bonds.